The zero-order valence-corrected chi connectivity index (χ0v) is 18.6. The molecule has 0 N–H and O–H groups in total. The number of unbranched alkanes of at least 4 members (excludes halogenated alkanes) is 13. The highest BCUT2D eigenvalue weighted by Gasteiger charge is 2.10. The van der Waals surface area contributed by atoms with Gasteiger partial charge in [0, 0.05) is 19.8 Å². The molecule has 0 radical (unpaired) electrons. The molecule has 0 aromatic rings. The number of hydrogen-bond donors (Lipinski definition) is 0. The Morgan fingerprint density at radius 2 is 0.962 bits per heavy atom. The Hall–Kier alpha value is -0.120. The lowest BCUT2D eigenvalue weighted by atomic mass is 10.0. The van der Waals surface area contributed by atoms with Crippen molar-refractivity contribution in [2.45, 2.75) is 117 Å². The maximum atomic E-state index is 5.61. The van der Waals surface area contributed by atoms with Crippen LogP contribution in [0.3, 0.4) is 0 Å². The summed E-state index contributed by atoms with van der Waals surface area (Å²) >= 11 is 0. The SMILES string of the molecule is CCCCCCCCCCCCCCCCN(C)CC(OCC)OCC. The van der Waals surface area contributed by atoms with Gasteiger partial charge >= 0.3 is 0 Å². The van der Waals surface area contributed by atoms with Gasteiger partial charge in [0.25, 0.3) is 0 Å². The van der Waals surface area contributed by atoms with Crippen LogP contribution in [0.5, 0.6) is 0 Å². The minimum atomic E-state index is -0.0679. The van der Waals surface area contributed by atoms with E-state index in [0.717, 1.165) is 26.3 Å². The van der Waals surface area contributed by atoms with Crippen molar-refractivity contribution in [3.8, 4) is 0 Å². The second kappa shape index (κ2) is 21.2. The molecule has 3 heteroatoms. The molecule has 0 aliphatic carbocycles. The zero-order chi connectivity index (χ0) is 19.3. The Balaban J connectivity index is 3.29. The lowest BCUT2D eigenvalue weighted by Gasteiger charge is -2.23. The van der Waals surface area contributed by atoms with Gasteiger partial charge in [0.1, 0.15) is 0 Å². The molecule has 158 valence electrons. The van der Waals surface area contributed by atoms with Gasteiger partial charge in [-0.3, -0.25) is 0 Å². The fraction of sp³-hybridized carbons (Fsp3) is 1.00. The molecule has 0 unspecified atom stereocenters. The van der Waals surface area contributed by atoms with Crippen molar-refractivity contribution in [1.29, 1.82) is 0 Å². The highest BCUT2D eigenvalue weighted by molar-refractivity contribution is 4.56. The van der Waals surface area contributed by atoms with Crippen LogP contribution in [-0.2, 0) is 9.47 Å². The van der Waals surface area contributed by atoms with Crippen LogP contribution in [0, 0.1) is 0 Å². The Labute approximate surface area is 165 Å². The molecule has 0 aliphatic rings. The maximum absolute atomic E-state index is 5.61. The number of nitrogens with zero attached hydrogens (tertiary/aromatic N) is 1. The summed E-state index contributed by atoms with van der Waals surface area (Å²) in [6, 6.07) is 0. The Morgan fingerprint density at radius 1 is 0.577 bits per heavy atom. The van der Waals surface area contributed by atoms with E-state index in [1.165, 1.54) is 89.9 Å². The predicted molar refractivity (Wildman–Crippen MR) is 115 cm³/mol. The van der Waals surface area contributed by atoms with Crippen molar-refractivity contribution in [3.05, 3.63) is 0 Å². The molecule has 26 heavy (non-hydrogen) atoms. The van der Waals surface area contributed by atoms with Gasteiger partial charge in [-0.2, -0.15) is 0 Å². The topological polar surface area (TPSA) is 21.7 Å². The molecule has 0 aliphatic heterocycles. The zero-order valence-electron chi connectivity index (χ0n) is 18.6. The average Bonchev–Trinajstić information content (AvgIpc) is 2.62. The average molecular weight is 372 g/mol. The van der Waals surface area contributed by atoms with E-state index < -0.39 is 0 Å². The van der Waals surface area contributed by atoms with Gasteiger partial charge < -0.3 is 14.4 Å². The van der Waals surface area contributed by atoms with Gasteiger partial charge in [-0.1, -0.05) is 90.4 Å². The summed E-state index contributed by atoms with van der Waals surface area (Å²) in [5.74, 6) is 0. The van der Waals surface area contributed by atoms with E-state index in [2.05, 4.69) is 18.9 Å². The third kappa shape index (κ3) is 18.7. The van der Waals surface area contributed by atoms with E-state index >= 15 is 0 Å². The third-order valence-electron chi connectivity index (χ3n) is 5.06. The molecule has 0 spiro atoms. The van der Waals surface area contributed by atoms with Crippen LogP contribution < -0.4 is 0 Å². The summed E-state index contributed by atoms with van der Waals surface area (Å²) in [5, 5.41) is 0. The molecule has 0 saturated heterocycles. The van der Waals surface area contributed by atoms with Crippen LogP contribution in [0.1, 0.15) is 111 Å². The molecule has 0 saturated carbocycles. The third-order valence-corrected chi connectivity index (χ3v) is 5.06. The van der Waals surface area contributed by atoms with Crippen molar-refractivity contribution in [2.75, 3.05) is 33.4 Å². The molecule has 0 atom stereocenters. The summed E-state index contributed by atoms with van der Waals surface area (Å²) in [4.78, 5) is 2.34. The lowest BCUT2D eigenvalue weighted by Crippen LogP contribution is -2.33. The first-order chi connectivity index (χ1) is 12.7. The van der Waals surface area contributed by atoms with Crippen molar-refractivity contribution >= 4 is 0 Å². The first-order valence-electron chi connectivity index (χ1n) is 11.7. The number of ether oxygens (including phenoxy) is 2. The van der Waals surface area contributed by atoms with Crippen molar-refractivity contribution in [2.24, 2.45) is 0 Å². The van der Waals surface area contributed by atoms with E-state index in [1.54, 1.807) is 0 Å². The van der Waals surface area contributed by atoms with Crippen LogP contribution in [0.4, 0.5) is 0 Å². The van der Waals surface area contributed by atoms with Crippen molar-refractivity contribution < 1.29 is 9.47 Å². The second-order valence-corrected chi connectivity index (χ2v) is 7.70. The highest BCUT2D eigenvalue weighted by Crippen LogP contribution is 2.13. The van der Waals surface area contributed by atoms with Gasteiger partial charge in [0.2, 0.25) is 0 Å². The van der Waals surface area contributed by atoms with Crippen LogP contribution in [0.25, 0.3) is 0 Å². The molecule has 0 heterocycles. The van der Waals surface area contributed by atoms with Crippen LogP contribution in [0.2, 0.25) is 0 Å². The molecule has 3 nitrogen and oxygen atoms in total. The highest BCUT2D eigenvalue weighted by atomic mass is 16.7. The molecular formula is C23H49NO2. The van der Waals surface area contributed by atoms with Gasteiger partial charge in [0.05, 0.1) is 0 Å². The standard InChI is InChI=1S/C23H49NO2/c1-5-8-9-10-11-12-13-14-15-16-17-18-19-20-21-24(4)22-23(25-6-2)26-7-3/h23H,5-22H2,1-4H3. The monoisotopic (exact) mass is 371 g/mol. The lowest BCUT2D eigenvalue weighted by molar-refractivity contribution is -0.145. The summed E-state index contributed by atoms with van der Waals surface area (Å²) in [7, 11) is 2.17. The van der Waals surface area contributed by atoms with Gasteiger partial charge in [-0.05, 0) is 33.9 Å². The van der Waals surface area contributed by atoms with Crippen molar-refractivity contribution in [1.82, 2.24) is 4.90 Å². The smallest absolute Gasteiger partial charge is 0.170 e. The van der Waals surface area contributed by atoms with Crippen molar-refractivity contribution in [3.63, 3.8) is 0 Å². The molecule has 0 aromatic heterocycles. The van der Waals surface area contributed by atoms with E-state index in [0.29, 0.717) is 0 Å². The summed E-state index contributed by atoms with van der Waals surface area (Å²) in [5.41, 5.74) is 0. The summed E-state index contributed by atoms with van der Waals surface area (Å²) in [6.45, 7) is 9.81. The van der Waals surface area contributed by atoms with E-state index in [9.17, 15) is 0 Å². The molecule has 0 amide bonds. The molecule has 0 aromatic carbocycles. The Kier molecular flexibility index (Phi) is 21.1. The van der Waals surface area contributed by atoms with Crippen LogP contribution in [-0.4, -0.2) is 44.5 Å². The first kappa shape index (κ1) is 25.9. The molecular weight excluding hydrogens is 322 g/mol. The number of rotatable bonds is 21. The fourth-order valence-electron chi connectivity index (χ4n) is 3.45. The number of hydrogen-bond acceptors (Lipinski definition) is 3. The van der Waals surface area contributed by atoms with Gasteiger partial charge in [-0.25, -0.2) is 0 Å². The van der Waals surface area contributed by atoms with Gasteiger partial charge in [0.15, 0.2) is 6.29 Å². The largest absolute Gasteiger partial charge is 0.352 e. The second-order valence-electron chi connectivity index (χ2n) is 7.70. The molecule has 0 rings (SSSR count). The summed E-state index contributed by atoms with van der Waals surface area (Å²) < 4.78 is 11.2. The maximum Gasteiger partial charge on any atom is 0.170 e. The predicted octanol–water partition coefficient (Wildman–Crippen LogP) is 6.80. The van der Waals surface area contributed by atoms with Crippen LogP contribution >= 0.6 is 0 Å². The Bertz CT molecular complexity index is 255. The quantitative estimate of drug-likeness (QED) is 0.164. The summed E-state index contributed by atoms with van der Waals surface area (Å²) in [6.07, 6.45) is 19.8. The number of likely N-dealkylation sites (N-methyl/N-ethyl adjacent to an activating group) is 1. The fourth-order valence-corrected chi connectivity index (χ4v) is 3.45. The minimum Gasteiger partial charge on any atom is -0.352 e. The normalized spacial score (nSPS) is 11.8. The first-order valence-corrected chi connectivity index (χ1v) is 11.7. The van der Waals surface area contributed by atoms with E-state index in [4.69, 9.17) is 9.47 Å². The molecule has 0 bridgehead atoms. The van der Waals surface area contributed by atoms with E-state index in [-0.39, 0.29) is 6.29 Å². The van der Waals surface area contributed by atoms with Crippen LogP contribution in [0.15, 0.2) is 0 Å². The minimum absolute atomic E-state index is 0.0679. The van der Waals surface area contributed by atoms with Gasteiger partial charge in [-0.15, -0.1) is 0 Å². The molecule has 0 fully saturated rings. The Morgan fingerprint density at radius 3 is 1.35 bits per heavy atom. The van der Waals surface area contributed by atoms with E-state index in [1.807, 2.05) is 13.8 Å².